The fourth-order valence-corrected chi connectivity index (χ4v) is 2.78. The second-order valence-electron chi connectivity index (χ2n) is 4.20. The number of benzene rings is 1. The zero-order valence-electron chi connectivity index (χ0n) is 7.39. The highest BCUT2D eigenvalue weighted by atomic mass is 35.5. The maximum atomic E-state index is 5.98. The number of fused-ring (bicyclic) bond motifs is 1. The Hall–Kier alpha value is -0.530. The minimum absolute atomic E-state index is 0.449. The van der Waals surface area contributed by atoms with E-state index < -0.39 is 0 Å². The summed E-state index contributed by atoms with van der Waals surface area (Å²) >= 11 is 5.98. The summed E-state index contributed by atoms with van der Waals surface area (Å²) in [7, 11) is 0. The first-order valence-corrected chi connectivity index (χ1v) is 5.16. The molecule has 1 saturated carbocycles. The van der Waals surface area contributed by atoms with Crippen LogP contribution in [0.2, 0.25) is 5.02 Å². The van der Waals surface area contributed by atoms with Gasteiger partial charge in [0.25, 0.3) is 0 Å². The van der Waals surface area contributed by atoms with Gasteiger partial charge in [-0.15, -0.1) is 0 Å². The van der Waals surface area contributed by atoms with Gasteiger partial charge >= 0.3 is 0 Å². The Kier molecular flexibility index (Phi) is 1.50. The lowest BCUT2D eigenvalue weighted by Crippen LogP contribution is -2.19. The summed E-state index contributed by atoms with van der Waals surface area (Å²) in [5.74, 6) is 0.867. The van der Waals surface area contributed by atoms with Crippen molar-refractivity contribution in [3.8, 4) is 0 Å². The standard InChI is InChI=1S/C11H12ClN/c12-10-3-1-2-8(4-10)11-5-9(11)6-13-7-11/h1-4,9,13H,5-7H2/t9-,11+/m1/s1. The predicted octanol–water partition coefficient (Wildman–Crippen LogP) is 2.20. The number of halogens is 1. The Bertz CT molecular complexity index is 350. The zero-order chi connectivity index (χ0) is 8.89. The molecule has 2 fully saturated rings. The fraction of sp³-hybridized carbons (Fsp3) is 0.455. The van der Waals surface area contributed by atoms with Crippen molar-refractivity contribution in [2.75, 3.05) is 13.1 Å². The van der Waals surface area contributed by atoms with Crippen LogP contribution in [0.5, 0.6) is 0 Å². The van der Waals surface area contributed by atoms with Crippen molar-refractivity contribution in [2.24, 2.45) is 5.92 Å². The smallest absolute Gasteiger partial charge is 0.0408 e. The van der Waals surface area contributed by atoms with Crippen molar-refractivity contribution < 1.29 is 0 Å². The molecule has 0 amide bonds. The summed E-state index contributed by atoms with van der Waals surface area (Å²) in [5.41, 5.74) is 1.88. The van der Waals surface area contributed by atoms with E-state index >= 15 is 0 Å². The first kappa shape index (κ1) is 7.84. The molecule has 2 heteroatoms. The Morgan fingerprint density at radius 3 is 3.00 bits per heavy atom. The lowest BCUT2D eigenvalue weighted by Gasteiger charge is -2.11. The van der Waals surface area contributed by atoms with Crippen LogP contribution in [0.15, 0.2) is 24.3 Å². The van der Waals surface area contributed by atoms with Gasteiger partial charge < -0.3 is 5.32 Å². The van der Waals surface area contributed by atoms with Crippen LogP contribution < -0.4 is 5.32 Å². The Morgan fingerprint density at radius 1 is 1.46 bits per heavy atom. The molecule has 1 nitrogen and oxygen atoms in total. The van der Waals surface area contributed by atoms with Crippen molar-refractivity contribution in [3.63, 3.8) is 0 Å². The molecule has 1 aromatic carbocycles. The van der Waals surface area contributed by atoms with E-state index in [4.69, 9.17) is 11.6 Å². The summed E-state index contributed by atoms with van der Waals surface area (Å²) < 4.78 is 0. The minimum Gasteiger partial charge on any atom is -0.316 e. The molecule has 13 heavy (non-hydrogen) atoms. The molecule has 68 valence electrons. The van der Waals surface area contributed by atoms with E-state index in [2.05, 4.69) is 23.5 Å². The third-order valence-corrected chi connectivity index (χ3v) is 3.70. The van der Waals surface area contributed by atoms with Gasteiger partial charge in [0.2, 0.25) is 0 Å². The molecule has 1 saturated heterocycles. The van der Waals surface area contributed by atoms with Crippen LogP contribution in [0.3, 0.4) is 0 Å². The number of nitrogens with one attached hydrogen (secondary N) is 1. The van der Waals surface area contributed by atoms with Gasteiger partial charge in [-0.1, -0.05) is 23.7 Å². The van der Waals surface area contributed by atoms with Crippen molar-refractivity contribution in [1.29, 1.82) is 0 Å². The molecule has 0 radical (unpaired) electrons. The van der Waals surface area contributed by atoms with Gasteiger partial charge in [0.05, 0.1) is 0 Å². The van der Waals surface area contributed by atoms with Crippen molar-refractivity contribution in [3.05, 3.63) is 34.9 Å². The average molecular weight is 194 g/mol. The minimum atomic E-state index is 0.449. The molecule has 1 aliphatic carbocycles. The summed E-state index contributed by atoms with van der Waals surface area (Å²) in [6.45, 7) is 2.32. The molecule has 1 heterocycles. The molecular weight excluding hydrogens is 182 g/mol. The summed E-state index contributed by atoms with van der Waals surface area (Å²) in [6, 6.07) is 8.33. The molecule has 3 rings (SSSR count). The summed E-state index contributed by atoms with van der Waals surface area (Å²) in [4.78, 5) is 0. The molecule has 2 aliphatic rings. The van der Waals surface area contributed by atoms with Crippen LogP contribution in [0.1, 0.15) is 12.0 Å². The van der Waals surface area contributed by atoms with Gasteiger partial charge in [0.1, 0.15) is 0 Å². The average Bonchev–Trinajstić information content (AvgIpc) is 2.70. The van der Waals surface area contributed by atoms with Crippen LogP contribution in [-0.2, 0) is 5.41 Å². The second kappa shape index (κ2) is 2.49. The molecular formula is C11H12ClN. The molecule has 0 unspecified atom stereocenters. The quantitative estimate of drug-likeness (QED) is 0.721. The zero-order valence-corrected chi connectivity index (χ0v) is 8.14. The number of rotatable bonds is 1. The van der Waals surface area contributed by atoms with Gasteiger partial charge in [-0.2, -0.15) is 0 Å². The van der Waals surface area contributed by atoms with Crippen LogP contribution in [0.25, 0.3) is 0 Å². The third kappa shape index (κ3) is 1.04. The van der Waals surface area contributed by atoms with E-state index in [9.17, 15) is 0 Å². The number of piperidine rings is 1. The molecule has 1 aromatic rings. The third-order valence-electron chi connectivity index (χ3n) is 3.46. The molecule has 1 aliphatic heterocycles. The normalized spacial score (nSPS) is 35.9. The second-order valence-corrected chi connectivity index (χ2v) is 4.63. The summed E-state index contributed by atoms with van der Waals surface area (Å²) in [5, 5.41) is 4.30. The van der Waals surface area contributed by atoms with E-state index in [0.29, 0.717) is 5.41 Å². The Labute approximate surface area is 83.1 Å². The van der Waals surface area contributed by atoms with E-state index in [0.717, 1.165) is 17.5 Å². The van der Waals surface area contributed by atoms with E-state index in [1.165, 1.54) is 18.5 Å². The highest BCUT2D eigenvalue weighted by Gasteiger charge is 2.57. The largest absolute Gasteiger partial charge is 0.316 e. The topological polar surface area (TPSA) is 12.0 Å². The maximum absolute atomic E-state index is 5.98. The Balaban J connectivity index is 2.01. The summed E-state index contributed by atoms with van der Waals surface area (Å²) in [6.07, 6.45) is 1.35. The molecule has 0 spiro atoms. The van der Waals surface area contributed by atoms with Gasteiger partial charge in [-0.05, 0) is 36.6 Å². The first-order valence-electron chi connectivity index (χ1n) is 4.78. The van der Waals surface area contributed by atoms with Crippen molar-refractivity contribution >= 4 is 11.6 Å². The Morgan fingerprint density at radius 2 is 2.38 bits per heavy atom. The van der Waals surface area contributed by atoms with E-state index in [1.807, 2.05) is 6.07 Å². The highest BCUT2D eigenvalue weighted by molar-refractivity contribution is 6.30. The van der Waals surface area contributed by atoms with Crippen molar-refractivity contribution in [1.82, 2.24) is 5.32 Å². The van der Waals surface area contributed by atoms with Crippen molar-refractivity contribution in [2.45, 2.75) is 11.8 Å². The lowest BCUT2D eigenvalue weighted by molar-refractivity contribution is 0.676. The molecule has 0 bridgehead atoms. The van der Waals surface area contributed by atoms with Gasteiger partial charge in [0.15, 0.2) is 0 Å². The predicted molar refractivity (Wildman–Crippen MR) is 54.1 cm³/mol. The maximum Gasteiger partial charge on any atom is 0.0408 e. The van der Waals surface area contributed by atoms with Gasteiger partial charge in [-0.25, -0.2) is 0 Å². The monoisotopic (exact) mass is 193 g/mol. The first-order chi connectivity index (χ1) is 6.31. The van der Waals surface area contributed by atoms with Crippen LogP contribution in [0, 0.1) is 5.92 Å². The number of hydrogen-bond donors (Lipinski definition) is 1. The van der Waals surface area contributed by atoms with Crippen LogP contribution in [0.4, 0.5) is 0 Å². The molecule has 2 atom stereocenters. The van der Waals surface area contributed by atoms with Gasteiger partial charge in [0, 0.05) is 17.0 Å². The highest BCUT2D eigenvalue weighted by Crippen LogP contribution is 2.56. The molecule has 1 N–H and O–H groups in total. The van der Waals surface area contributed by atoms with Crippen LogP contribution >= 0.6 is 11.6 Å². The van der Waals surface area contributed by atoms with E-state index in [1.54, 1.807) is 0 Å². The lowest BCUT2D eigenvalue weighted by atomic mass is 9.95. The molecule has 0 aromatic heterocycles. The fourth-order valence-electron chi connectivity index (χ4n) is 2.59. The van der Waals surface area contributed by atoms with Crippen LogP contribution in [-0.4, -0.2) is 13.1 Å². The SMILES string of the molecule is Clc1cccc([C@]23CNC[C@H]2C3)c1. The number of hydrogen-bond acceptors (Lipinski definition) is 1. The van der Waals surface area contributed by atoms with Gasteiger partial charge in [-0.3, -0.25) is 0 Å². The van der Waals surface area contributed by atoms with E-state index in [-0.39, 0.29) is 0 Å².